The summed E-state index contributed by atoms with van der Waals surface area (Å²) in [6.07, 6.45) is 2.27. The number of hydrogen-bond acceptors (Lipinski definition) is 3. The number of halogens is 1. The van der Waals surface area contributed by atoms with Crippen LogP contribution in [0.3, 0.4) is 0 Å². The van der Waals surface area contributed by atoms with Gasteiger partial charge in [0.15, 0.2) is 5.78 Å². The maximum Gasteiger partial charge on any atom is 0.176 e. The fraction of sp³-hybridized carbons (Fsp3) is 0.562. The van der Waals surface area contributed by atoms with Gasteiger partial charge in [0, 0.05) is 12.1 Å². The Bertz CT molecular complexity index is 454. The Kier molecular flexibility index (Phi) is 5.26. The van der Waals surface area contributed by atoms with Gasteiger partial charge in [0.25, 0.3) is 0 Å². The number of rotatable bonds is 5. The standard InChI is InChI=1S/C16H23FN2O/c1-18(2)11-13-6-8-19(9-7-13)12-16(20)14-4-3-5-15(17)10-14/h3-5,10,13H,6-9,11-12H2,1-2H3. The molecule has 0 spiro atoms. The molecular weight excluding hydrogens is 255 g/mol. The highest BCUT2D eigenvalue weighted by Gasteiger charge is 2.21. The van der Waals surface area contributed by atoms with Gasteiger partial charge in [0.2, 0.25) is 0 Å². The van der Waals surface area contributed by atoms with Gasteiger partial charge in [-0.05, 0) is 58.1 Å². The number of carbonyl (C=O) groups is 1. The molecule has 0 aliphatic carbocycles. The van der Waals surface area contributed by atoms with Gasteiger partial charge < -0.3 is 4.90 Å². The first kappa shape index (κ1) is 15.1. The van der Waals surface area contributed by atoms with Crippen molar-refractivity contribution >= 4 is 5.78 Å². The maximum absolute atomic E-state index is 13.1. The first-order chi connectivity index (χ1) is 9.54. The van der Waals surface area contributed by atoms with Crippen LogP contribution < -0.4 is 0 Å². The van der Waals surface area contributed by atoms with Crippen molar-refractivity contribution in [3.05, 3.63) is 35.6 Å². The summed E-state index contributed by atoms with van der Waals surface area (Å²) in [5.41, 5.74) is 0.473. The molecule has 0 aromatic heterocycles. The van der Waals surface area contributed by atoms with Gasteiger partial charge in [-0.25, -0.2) is 4.39 Å². The Labute approximate surface area is 120 Å². The smallest absolute Gasteiger partial charge is 0.176 e. The van der Waals surface area contributed by atoms with Crippen LogP contribution in [0.25, 0.3) is 0 Å². The van der Waals surface area contributed by atoms with E-state index in [0.717, 1.165) is 38.4 Å². The zero-order valence-electron chi connectivity index (χ0n) is 12.3. The van der Waals surface area contributed by atoms with Crippen LogP contribution in [-0.4, -0.2) is 55.9 Å². The fourth-order valence-electron chi connectivity index (χ4n) is 2.80. The molecule has 0 unspecified atom stereocenters. The molecule has 1 heterocycles. The number of likely N-dealkylation sites (tertiary alicyclic amines) is 1. The maximum atomic E-state index is 13.1. The number of nitrogens with zero attached hydrogens (tertiary/aromatic N) is 2. The summed E-state index contributed by atoms with van der Waals surface area (Å²) >= 11 is 0. The van der Waals surface area contributed by atoms with Crippen LogP contribution in [0.15, 0.2) is 24.3 Å². The SMILES string of the molecule is CN(C)CC1CCN(CC(=O)c2cccc(F)c2)CC1. The van der Waals surface area contributed by atoms with Crippen LogP contribution in [0.2, 0.25) is 0 Å². The van der Waals surface area contributed by atoms with Crippen molar-refractivity contribution in [3.8, 4) is 0 Å². The molecule has 1 saturated heterocycles. The van der Waals surface area contributed by atoms with Gasteiger partial charge >= 0.3 is 0 Å². The van der Waals surface area contributed by atoms with Crippen molar-refractivity contribution in [1.82, 2.24) is 9.80 Å². The van der Waals surface area contributed by atoms with Crippen molar-refractivity contribution < 1.29 is 9.18 Å². The molecule has 0 bridgehead atoms. The van der Waals surface area contributed by atoms with E-state index in [1.165, 1.54) is 12.1 Å². The Morgan fingerprint density at radius 3 is 2.65 bits per heavy atom. The average molecular weight is 278 g/mol. The van der Waals surface area contributed by atoms with E-state index < -0.39 is 0 Å². The van der Waals surface area contributed by atoms with E-state index in [1.807, 2.05) is 0 Å². The molecule has 0 radical (unpaired) electrons. The third kappa shape index (κ3) is 4.39. The highest BCUT2D eigenvalue weighted by molar-refractivity contribution is 5.97. The molecule has 110 valence electrons. The third-order valence-corrected chi connectivity index (χ3v) is 3.84. The lowest BCUT2D eigenvalue weighted by atomic mass is 9.96. The second-order valence-electron chi connectivity index (χ2n) is 5.92. The van der Waals surface area contributed by atoms with Crippen LogP contribution in [0.4, 0.5) is 4.39 Å². The molecule has 20 heavy (non-hydrogen) atoms. The second kappa shape index (κ2) is 6.95. The molecule has 3 nitrogen and oxygen atoms in total. The molecule has 0 amide bonds. The largest absolute Gasteiger partial charge is 0.309 e. The highest BCUT2D eigenvalue weighted by Crippen LogP contribution is 2.18. The molecule has 2 rings (SSSR count). The first-order valence-electron chi connectivity index (χ1n) is 7.20. The number of ketones is 1. The topological polar surface area (TPSA) is 23.6 Å². The molecule has 1 aliphatic heterocycles. The summed E-state index contributed by atoms with van der Waals surface area (Å²) in [6.45, 7) is 3.43. The number of hydrogen-bond donors (Lipinski definition) is 0. The third-order valence-electron chi connectivity index (χ3n) is 3.84. The van der Waals surface area contributed by atoms with Crippen LogP contribution >= 0.6 is 0 Å². The van der Waals surface area contributed by atoms with Crippen molar-refractivity contribution in [2.24, 2.45) is 5.92 Å². The lowest BCUT2D eigenvalue weighted by Crippen LogP contribution is -2.39. The van der Waals surface area contributed by atoms with E-state index >= 15 is 0 Å². The van der Waals surface area contributed by atoms with Crippen molar-refractivity contribution in [2.45, 2.75) is 12.8 Å². The summed E-state index contributed by atoms with van der Waals surface area (Å²) in [7, 11) is 4.19. The van der Waals surface area contributed by atoms with Crippen molar-refractivity contribution in [1.29, 1.82) is 0 Å². The van der Waals surface area contributed by atoms with E-state index in [1.54, 1.807) is 12.1 Å². The molecule has 0 atom stereocenters. The highest BCUT2D eigenvalue weighted by atomic mass is 19.1. The van der Waals surface area contributed by atoms with Crippen LogP contribution in [0, 0.1) is 11.7 Å². The van der Waals surface area contributed by atoms with E-state index in [2.05, 4.69) is 23.9 Å². The minimum Gasteiger partial charge on any atom is -0.309 e. The Morgan fingerprint density at radius 1 is 1.35 bits per heavy atom. The predicted octanol–water partition coefficient (Wildman–Crippen LogP) is 2.28. The monoisotopic (exact) mass is 278 g/mol. The second-order valence-corrected chi connectivity index (χ2v) is 5.92. The van der Waals surface area contributed by atoms with Crippen molar-refractivity contribution in [2.75, 3.05) is 40.3 Å². The van der Waals surface area contributed by atoms with Crippen LogP contribution in [-0.2, 0) is 0 Å². The summed E-state index contributed by atoms with van der Waals surface area (Å²) in [5.74, 6) is 0.390. The van der Waals surface area contributed by atoms with Gasteiger partial charge in [-0.15, -0.1) is 0 Å². The normalized spacial score (nSPS) is 17.6. The van der Waals surface area contributed by atoms with E-state index in [0.29, 0.717) is 12.1 Å². The molecule has 0 N–H and O–H groups in total. The van der Waals surface area contributed by atoms with Gasteiger partial charge in [-0.3, -0.25) is 9.69 Å². The number of benzene rings is 1. The van der Waals surface area contributed by atoms with Gasteiger partial charge in [0.1, 0.15) is 5.82 Å². The van der Waals surface area contributed by atoms with Crippen molar-refractivity contribution in [3.63, 3.8) is 0 Å². The molecule has 1 aromatic rings. The molecule has 1 aromatic carbocycles. The zero-order valence-corrected chi connectivity index (χ0v) is 12.3. The molecule has 1 aliphatic rings. The summed E-state index contributed by atoms with van der Waals surface area (Å²) in [6, 6.07) is 5.96. The predicted molar refractivity (Wildman–Crippen MR) is 78.4 cm³/mol. The minimum atomic E-state index is -0.347. The molecular formula is C16H23FN2O. The lowest BCUT2D eigenvalue weighted by Gasteiger charge is -2.32. The summed E-state index contributed by atoms with van der Waals surface area (Å²) < 4.78 is 13.1. The minimum absolute atomic E-state index is 0.00978. The lowest BCUT2D eigenvalue weighted by molar-refractivity contribution is 0.0885. The molecule has 0 saturated carbocycles. The fourth-order valence-corrected chi connectivity index (χ4v) is 2.80. The quantitative estimate of drug-likeness (QED) is 0.772. The van der Waals surface area contributed by atoms with E-state index in [9.17, 15) is 9.18 Å². The van der Waals surface area contributed by atoms with E-state index in [-0.39, 0.29) is 11.6 Å². The van der Waals surface area contributed by atoms with Gasteiger partial charge in [-0.1, -0.05) is 12.1 Å². The van der Waals surface area contributed by atoms with Crippen LogP contribution in [0.1, 0.15) is 23.2 Å². The summed E-state index contributed by atoms with van der Waals surface area (Å²) in [5, 5.41) is 0. The number of carbonyl (C=O) groups excluding carboxylic acids is 1. The Balaban J connectivity index is 1.82. The van der Waals surface area contributed by atoms with E-state index in [4.69, 9.17) is 0 Å². The van der Waals surface area contributed by atoms with Crippen LogP contribution in [0.5, 0.6) is 0 Å². The first-order valence-corrected chi connectivity index (χ1v) is 7.20. The Morgan fingerprint density at radius 2 is 2.05 bits per heavy atom. The van der Waals surface area contributed by atoms with Gasteiger partial charge in [0.05, 0.1) is 6.54 Å². The Hall–Kier alpha value is -1.26. The molecule has 4 heteroatoms. The number of Topliss-reactive ketones (excluding diaryl/α,β-unsaturated/α-hetero) is 1. The molecule has 1 fully saturated rings. The summed E-state index contributed by atoms with van der Waals surface area (Å²) in [4.78, 5) is 16.5. The number of piperidine rings is 1. The average Bonchev–Trinajstić information content (AvgIpc) is 2.40. The zero-order chi connectivity index (χ0) is 14.5. The van der Waals surface area contributed by atoms with Gasteiger partial charge in [-0.2, -0.15) is 0 Å².